The Labute approximate surface area is 207 Å². The predicted molar refractivity (Wildman–Crippen MR) is 143 cm³/mol. The number of aromatic amines is 1. The van der Waals surface area contributed by atoms with Gasteiger partial charge in [0.1, 0.15) is 0 Å². The van der Waals surface area contributed by atoms with Crippen LogP contribution in [0.2, 0.25) is 0 Å². The number of nitrogens with one attached hydrogen (secondary N) is 1. The Bertz CT molecular complexity index is 1180. The van der Waals surface area contributed by atoms with Gasteiger partial charge in [0.25, 0.3) is 0 Å². The lowest BCUT2D eigenvalue weighted by molar-refractivity contribution is 0.0864. The van der Waals surface area contributed by atoms with Crippen LogP contribution < -0.4 is 5.73 Å². The van der Waals surface area contributed by atoms with Gasteiger partial charge in [0, 0.05) is 42.3 Å². The average Bonchev–Trinajstić information content (AvgIpc) is 3.64. The molecule has 1 aliphatic carbocycles. The molecule has 3 aliphatic rings. The van der Waals surface area contributed by atoms with Gasteiger partial charge in [0.05, 0.1) is 22.8 Å². The first-order valence-corrected chi connectivity index (χ1v) is 13.3. The molecule has 1 aromatic heterocycles. The smallest absolute Gasteiger partial charge is 0.199 e. The zero-order valence-corrected chi connectivity index (χ0v) is 20.5. The van der Waals surface area contributed by atoms with Crippen molar-refractivity contribution in [3.63, 3.8) is 0 Å². The summed E-state index contributed by atoms with van der Waals surface area (Å²) in [7, 11) is 0. The van der Waals surface area contributed by atoms with E-state index < -0.39 is 0 Å². The molecule has 0 unspecified atom stereocenters. The van der Waals surface area contributed by atoms with E-state index in [9.17, 15) is 5.11 Å². The first kappa shape index (κ1) is 22.6. The SMILES string of the molecule is Nc1ccc2c(C(=NC3CCN(C4CCN(CC5CC5)CC4)CC3)c3ccccc3)c(O)[nH]c2c1. The monoisotopic (exact) mass is 471 g/mol. The van der Waals surface area contributed by atoms with Crippen molar-refractivity contribution in [1.29, 1.82) is 0 Å². The van der Waals surface area contributed by atoms with Crippen LogP contribution in [-0.4, -0.2) is 70.4 Å². The van der Waals surface area contributed by atoms with Crippen molar-refractivity contribution in [2.24, 2.45) is 10.9 Å². The third kappa shape index (κ3) is 4.95. The quantitative estimate of drug-likeness (QED) is 0.362. The minimum absolute atomic E-state index is 0.156. The van der Waals surface area contributed by atoms with Crippen LogP contribution in [0.25, 0.3) is 10.9 Å². The second kappa shape index (κ2) is 9.67. The second-order valence-electron chi connectivity index (χ2n) is 10.7. The Morgan fingerprint density at radius 1 is 0.943 bits per heavy atom. The number of nitrogens with two attached hydrogens (primary N) is 1. The fourth-order valence-electron chi connectivity index (χ4n) is 6.02. The highest BCUT2D eigenvalue weighted by Crippen LogP contribution is 2.33. The summed E-state index contributed by atoms with van der Waals surface area (Å²) in [4.78, 5) is 13.8. The number of aromatic nitrogens is 1. The maximum atomic E-state index is 10.9. The van der Waals surface area contributed by atoms with Crippen LogP contribution in [0.5, 0.6) is 5.88 Å². The maximum absolute atomic E-state index is 10.9. The molecule has 0 radical (unpaired) electrons. The second-order valence-corrected chi connectivity index (χ2v) is 10.7. The molecule has 2 aromatic carbocycles. The number of benzene rings is 2. The first-order valence-electron chi connectivity index (χ1n) is 13.3. The van der Waals surface area contributed by atoms with E-state index in [0.717, 1.165) is 65.6 Å². The van der Waals surface area contributed by atoms with Gasteiger partial charge in [-0.05, 0) is 75.7 Å². The van der Waals surface area contributed by atoms with Crippen LogP contribution in [-0.2, 0) is 0 Å². The summed E-state index contributed by atoms with van der Waals surface area (Å²) in [5.74, 6) is 1.15. The van der Waals surface area contributed by atoms with Crippen molar-refractivity contribution in [2.75, 3.05) is 38.5 Å². The van der Waals surface area contributed by atoms with Crippen LogP contribution >= 0.6 is 0 Å². The first-order chi connectivity index (χ1) is 17.1. The molecule has 0 spiro atoms. The number of aliphatic imine (C=N–C) groups is 1. The molecule has 6 nitrogen and oxygen atoms in total. The van der Waals surface area contributed by atoms with Gasteiger partial charge in [-0.15, -0.1) is 0 Å². The van der Waals surface area contributed by atoms with Crippen LogP contribution in [0.3, 0.4) is 0 Å². The summed E-state index contributed by atoms with van der Waals surface area (Å²) in [5, 5.41) is 11.8. The molecule has 35 heavy (non-hydrogen) atoms. The number of likely N-dealkylation sites (tertiary alicyclic amines) is 2. The molecule has 0 amide bonds. The molecule has 1 saturated carbocycles. The van der Waals surface area contributed by atoms with Crippen LogP contribution in [0, 0.1) is 5.92 Å². The molecule has 3 fully saturated rings. The number of fused-ring (bicyclic) bond motifs is 1. The van der Waals surface area contributed by atoms with E-state index in [0.29, 0.717) is 5.69 Å². The number of aromatic hydroxyl groups is 1. The lowest BCUT2D eigenvalue weighted by Crippen LogP contribution is -2.48. The van der Waals surface area contributed by atoms with Crippen molar-refractivity contribution in [1.82, 2.24) is 14.8 Å². The van der Waals surface area contributed by atoms with Crippen molar-refractivity contribution in [3.8, 4) is 5.88 Å². The Balaban J connectivity index is 1.19. The van der Waals surface area contributed by atoms with Gasteiger partial charge in [-0.2, -0.15) is 0 Å². The van der Waals surface area contributed by atoms with E-state index in [2.05, 4.69) is 26.9 Å². The highest BCUT2D eigenvalue weighted by atomic mass is 16.3. The molecule has 184 valence electrons. The maximum Gasteiger partial charge on any atom is 0.199 e. The molecule has 6 rings (SSSR count). The fourth-order valence-corrected chi connectivity index (χ4v) is 6.02. The molecule has 0 bridgehead atoms. The molecule has 4 N–H and O–H groups in total. The van der Waals surface area contributed by atoms with E-state index in [1.54, 1.807) is 0 Å². The largest absolute Gasteiger partial charge is 0.494 e. The minimum Gasteiger partial charge on any atom is -0.494 e. The van der Waals surface area contributed by atoms with Gasteiger partial charge in [0.15, 0.2) is 5.88 Å². The topological polar surface area (TPSA) is 80.9 Å². The van der Waals surface area contributed by atoms with E-state index >= 15 is 0 Å². The van der Waals surface area contributed by atoms with Crippen LogP contribution in [0.1, 0.15) is 49.7 Å². The van der Waals surface area contributed by atoms with Gasteiger partial charge >= 0.3 is 0 Å². The summed E-state index contributed by atoms with van der Waals surface area (Å²) < 4.78 is 0. The lowest BCUT2D eigenvalue weighted by atomic mass is 9.96. The molecular formula is C29H37N5O. The highest BCUT2D eigenvalue weighted by molar-refractivity contribution is 6.21. The predicted octanol–water partition coefficient (Wildman–Crippen LogP) is 4.63. The Kier molecular flexibility index (Phi) is 6.25. The van der Waals surface area contributed by atoms with Gasteiger partial charge in [-0.1, -0.05) is 30.3 Å². The summed E-state index contributed by atoms with van der Waals surface area (Å²) in [5.41, 5.74) is 10.2. The third-order valence-electron chi connectivity index (χ3n) is 8.18. The lowest BCUT2D eigenvalue weighted by Gasteiger charge is -2.41. The summed E-state index contributed by atoms with van der Waals surface area (Å²) in [6.07, 6.45) is 7.64. The van der Waals surface area contributed by atoms with Crippen molar-refractivity contribution in [3.05, 3.63) is 59.7 Å². The van der Waals surface area contributed by atoms with E-state index in [4.69, 9.17) is 10.7 Å². The molecule has 3 aromatic rings. The number of nitrogens with zero attached hydrogens (tertiary/aromatic N) is 3. The van der Waals surface area contributed by atoms with Crippen LogP contribution in [0.4, 0.5) is 5.69 Å². The van der Waals surface area contributed by atoms with Gasteiger partial charge in [-0.3, -0.25) is 4.99 Å². The number of rotatable bonds is 6. The van der Waals surface area contributed by atoms with Crippen molar-refractivity contribution < 1.29 is 5.11 Å². The molecule has 6 heteroatoms. The zero-order valence-electron chi connectivity index (χ0n) is 20.5. The number of nitrogen functional groups attached to an aromatic ring is 1. The molecular weight excluding hydrogens is 434 g/mol. The normalized spacial score (nSPS) is 21.7. The Morgan fingerprint density at radius 3 is 2.40 bits per heavy atom. The highest BCUT2D eigenvalue weighted by Gasteiger charge is 2.31. The van der Waals surface area contributed by atoms with Crippen LogP contribution in [0.15, 0.2) is 53.5 Å². The average molecular weight is 472 g/mol. The third-order valence-corrected chi connectivity index (χ3v) is 8.18. The fraction of sp³-hybridized carbons (Fsp3) is 0.483. The zero-order chi connectivity index (χ0) is 23.8. The summed E-state index contributed by atoms with van der Waals surface area (Å²) in [6, 6.07) is 17.0. The minimum atomic E-state index is 0.156. The summed E-state index contributed by atoms with van der Waals surface area (Å²) >= 11 is 0. The number of H-pyrrole nitrogens is 1. The number of piperidine rings is 2. The molecule has 2 saturated heterocycles. The van der Waals surface area contributed by atoms with E-state index in [1.807, 2.05) is 36.4 Å². The molecule has 2 aliphatic heterocycles. The summed E-state index contributed by atoms with van der Waals surface area (Å²) in [6.45, 7) is 6.09. The van der Waals surface area contributed by atoms with E-state index in [-0.39, 0.29) is 11.9 Å². The Morgan fingerprint density at radius 2 is 1.69 bits per heavy atom. The Hall–Kier alpha value is -2.83. The van der Waals surface area contributed by atoms with Crippen molar-refractivity contribution >= 4 is 22.3 Å². The molecule has 0 atom stereocenters. The number of anilines is 1. The van der Waals surface area contributed by atoms with Gasteiger partial charge in [-0.25, -0.2) is 0 Å². The van der Waals surface area contributed by atoms with E-state index in [1.165, 1.54) is 45.3 Å². The van der Waals surface area contributed by atoms with Gasteiger partial charge < -0.3 is 25.6 Å². The van der Waals surface area contributed by atoms with Crippen molar-refractivity contribution in [2.45, 2.75) is 50.6 Å². The van der Waals surface area contributed by atoms with Gasteiger partial charge in [0.2, 0.25) is 0 Å². The number of hydrogen-bond donors (Lipinski definition) is 3. The number of hydrogen-bond acceptors (Lipinski definition) is 5. The standard InChI is InChI=1S/C29H37N5O/c30-22-8-9-25-26(18-22)32-29(35)27(25)28(21-4-2-1-3-5-21)31-23-10-16-34(17-11-23)24-12-14-33(15-13-24)19-20-6-7-20/h1-5,8-9,18,20,23-24,32,35H,6-7,10-17,19,30H2. The molecule has 3 heterocycles.